The Morgan fingerprint density at radius 2 is 0.973 bits per heavy atom. The molecule has 2 N–H and O–H groups in total. The molecule has 2 atom stereocenters. The molecule has 0 bridgehead atoms. The van der Waals surface area contributed by atoms with E-state index in [0.717, 1.165) is 20.9 Å². The summed E-state index contributed by atoms with van der Waals surface area (Å²) < 4.78 is 43.1. The van der Waals surface area contributed by atoms with Gasteiger partial charge in [0.25, 0.3) is 0 Å². The molecule has 0 fully saturated rings. The average Bonchev–Trinajstić information content (AvgIpc) is 2.86. The lowest BCUT2D eigenvalue weighted by atomic mass is 10.1. The second-order valence-electron chi connectivity index (χ2n) is 7.30. The van der Waals surface area contributed by atoms with Crippen LogP contribution in [0.25, 0.3) is 22.3 Å². The van der Waals surface area contributed by atoms with Crippen molar-refractivity contribution in [2.45, 2.75) is 19.6 Å². The highest BCUT2D eigenvalue weighted by molar-refractivity contribution is 9.09. The molecule has 0 saturated heterocycles. The summed E-state index contributed by atoms with van der Waals surface area (Å²) in [6.07, 6.45) is 0. The fourth-order valence-electron chi connectivity index (χ4n) is 3.32. The van der Waals surface area contributed by atoms with Crippen molar-refractivity contribution >= 4 is 100.0 Å². The van der Waals surface area contributed by atoms with Gasteiger partial charge in [-0.25, -0.2) is 8.42 Å². The van der Waals surface area contributed by atoms with E-state index < -0.39 is 22.2 Å². The predicted octanol–water partition coefficient (Wildman–Crippen LogP) is 10.2. The lowest BCUT2D eigenvalue weighted by molar-refractivity contribution is 0.563. The zero-order valence-corrected chi connectivity index (χ0v) is 25.3. The Morgan fingerprint density at radius 3 is 1.35 bits per heavy atom. The van der Waals surface area contributed by atoms with E-state index in [4.69, 9.17) is 46.4 Å². The van der Waals surface area contributed by atoms with Gasteiger partial charge in [0.2, 0.25) is 0 Å². The van der Waals surface area contributed by atoms with Gasteiger partial charge in [0.1, 0.15) is 0 Å². The van der Waals surface area contributed by atoms with E-state index in [2.05, 4.69) is 0 Å². The maximum absolute atomic E-state index is 11.8. The van der Waals surface area contributed by atoms with Crippen molar-refractivity contribution in [3.05, 3.63) is 92.9 Å². The van der Waals surface area contributed by atoms with Crippen molar-refractivity contribution in [1.29, 1.82) is 0 Å². The fourth-order valence-corrected chi connectivity index (χ4v) is 9.56. The molecule has 0 aromatic heterocycles. The van der Waals surface area contributed by atoms with Crippen LogP contribution in [0.1, 0.15) is 0 Å². The highest BCUT2D eigenvalue weighted by atomic mass is 35.5. The molecule has 0 saturated carbocycles. The van der Waals surface area contributed by atoms with Gasteiger partial charge in [-0.15, -0.1) is 0 Å². The van der Waals surface area contributed by atoms with E-state index in [-0.39, 0.29) is 9.79 Å². The second-order valence-corrected chi connectivity index (χ2v) is 14.8. The number of halogens is 4. The summed E-state index contributed by atoms with van der Waals surface area (Å²) in [6, 6.07) is 20.3. The Morgan fingerprint density at radius 1 is 0.568 bits per heavy atom. The zero-order valence-electron chi connectivity index (χ0n) is 18.2. The lowest BCUT2D eigenvalue weighted by Crippen LogP contribution is -1.93. The van der Waals surface area contributed by atoms with E-state index in [1.165, 1.54) is 43.5 Å². The summed E-state index contributed by atoms with van der Waals surface area (Å²) in [4.78, 5) is 1.93. The van der Waals surface area contributed by atoms with Crippen LogP contribution < -0.4 is 0 Å². The third kappa shape index (κ3) is 7.29. The Kier molecular flexibility index (Phi) is 10.4. The Labute approximate surface area is 250 Å². The number of benzene rings is 4. The second kappa shape index (κ2) is 13.1. The zero-order chi connectivity index (χ0) is 26.7. The Bertz CT molecular complexity index is 1420. The van der Waals surface area contributed by atoms with Gasteiger partial charge >= 0.3 is 0 Å². The minimum atomic E-state index is -2.21. The molecular weight excluding hydrogens is 654 g/mol. The molecule has 0 aliphatic carbocycles. The van der Waals surface area contributed by atoms with E-state index in [1.54, 1.807) is 48.5 Å². The summed E-state index contributed by atoms with van der Waals surface area (Å²) in [7, 11) is 4.24. The van der Waals surface area contributed by atoms with Crippen molar-refractivity contribution in [2.75, 3.05) is 0 Å². The summed E-state index contributed by atoms with van der Waals surface area (Å²) >= 11 is 20.4. The van der Waals surface area contributed by atoms with Crippen molar-refractivity contribution < 1.29 is 17.5 Å². The summed E-state index contributed by atoms with van der Waals surface area (Å²) in [5, 5.41) is 1.79. The van der Waals surface area contributed by atoms with Gasteiger partial charge < -0.3 is 9.11 Å². The highest BCUT2D eigenvalue weighted by Crippen LogP contribution is 2.49. The first-order chi connectivity index (χ1) is 17.6. The van der Waals surface area contributed by atoms with Gasteiger partial charge in [0, 0.05) is 31.0 Å². The van der Waals surface area contributed by atoms with Gasteiger partial charge in [-0.1, -0.05) is 70.7 Å². The first-order valence-electron chi connectivity index (χ1n) is 10.1. The van der Waals surface area contributed by atoms with Crippen LogP contribution in [0, 0.1) is 0 Å². The van der Waals surface area contributed by atoms with E-state index in [0.29, 0.717) is 31.2 Å². The Hall–Kier alpha value is -0.690. The van der Waals surface area contributed by atoms with Crippen LogP contribution in [0.5, 0.6) is 0 Å². The smallest absolute Gasteiger partial charge is 0.187 e. The average molecular weight is 669 g/mol. The van der Waals surface area contributed by atoms with Crippen molar-refractivity contribution in [2.24, 2.45) is 0 Å². The molecule has 0 amide bonds. The van der Waals surface area contributed by atoms with E-state index in [9.17, 15) is 17.5 Å². The molecule has 0 aliphatic rings. The summed E-state index contributed by atoms with van der Waals surface area (Å²) in [5.41, 5.74) is 2.60. The number of hydrogen-bond acceptors (Lipinski definition) is 5. The maximum atomic E-state index is 11.8. The predicted molar refractivity (Wildman–Crippen MR) is 161 cm³/mol. The molecule has 4 rings (SSSR count). The third-order valence-electron chi connectivity index (χ3n) is 5.00. The minimum Gasteiger partial charge on any atom is -0.302 e. The van der Waals surface area contributed by atoms with Crippen molar-refractivity contribution in [3.63, 3.8) is 0 Å². The molecule has 0 radical (unpaired) electrons. The van der Waals surface area contributed by atoms with E-state index in [1.807, 2.05) is 12.1 Å². The molecule has 192 valence electrons. The monoisotopic (exact) mass is 666 g/mol. The normalized spacial score (nSPS) is 12.9. The minimum absolute atomic E-state index is 0.210. The van der Waals surface area contributed by atoms with E-state index >= 15 is 0 Å². The molecule has 0 heterocycles. The molecule has 2 unspecified atom stereocenters. The van der Waals surface area contributed by atoms with Gasteiger partial charge in [-0.3, -0.25) is 0 Å². The van der Waals surface area contributed by atoms with Crippen LogP contribution in [0.4, 0.5) is 0 Å². The highest BCUT2D eigenvalue weighted by Gasteiger charge is 2.15. The summed E-state index contributed by atoms with van der Waals surface area (Å²) in [6.45, 7) is 0. The Balaban J connectivity index is 1.56. The third-order valence-corrected chi connectivity index (χ3v) is 11.7. The largest absolute Gasteiger partial charge is 0.302 e. The van der Waals surface area contributed by atoms with Crippen LogP contribution in [0.15, 0.2) is 92.4 Å². The molecule has 4 aromatic carbocycles. The molecule has 4 aromatic rings. The SMILES string of the molecule is O=S(O)c1cc(Cl)ccc1-c1ccc(Cl)c(SSSc2cc(-c3ccc(Cl)cc3S(=O)O)ccc2Cl)c1. The lowest BCUT2D eigenvalue weighted by Gasteiger charge is -2.11. The number of hydrogen-bond donors (Lipinski definition) is 2. The standard InChI is InChI=1S/C24H14Cl4O4S5/c25-15-3-5-17(23(11-15)36(29)30)13-1-7-19(27)21(9-13)33-35-34-22-10-14(2-8-20(22)28)18-6-4-16(26)12-24(18)37(31)32/h1-12H,(H,29,30)(H,31,32). The van der Waals surface area contributed by atoms with Crippen LogP contribution in [-0.2, 0) is 22.2 Å². The fraction of sp³-hybridized carbons (Fsp3) is 0. The molecule has 0 spiro atoms. The van der Waals surface area contributed by atoms with Gasteiger partial charge in [0.05, 0.1) is 19.8 Å². The van der Waals surface area contributed by atoms with Crippen molar-refractivity contribution in [1.82, 2.24) is 0 Å². The van der Waals surface area contributed by atoms with Crippen LogP contribution in [0.3, 0.4) is 0 Å². The molecule has 4 nitrogen and oxygen atoms in total. The summed E-state index contributed by atoms with van der Waals surface area (Å²) in [5.74, 6) is 0. The maximum Gasteiger partial charge on any atom is 0.187 e. The number of rotatable bonds is 8. The topological polar surface area (TPSA) is 74.6 Å². The first kappa shape index (κ1) is 29.3. The van der Waals surface area contributed by atoms with Crippen LogP contribution in [-0.4, -0.2) is 17.5 Å². The molecular formula is C24H14Cl4O4S5. The quantitative estimate of drug-likeness (QED) is 0.143. The van der Waals surface area contributed by atoms with Crippen molar-refractivity contribution in [3.8, 4) is 22.3 Å². The molecule has 37 heavy (non-hydrogen) atoms. The van der Waals surface area contributed by atoms with Crippen LogP contribution >= 0.6 is 77.8 Å². The first-order valence-corrected chi connectivity index (χ1v) is 17.3. The molecule has 13 heteroatoms. The van der Waals surface area contributed by atoms with Gasteiger partial charge in [-0.05, 0) is 91.1 Å². The van der Waals surface area contributed by atoms with Gasteiger partial charge in [0.15, 0.2) is 22.2 Å². The van der Waals surface area contributed by atoms with Gasteiger partial charge in [-0.2, -0.15) is 0 Å². The molecule has 0 aliphatic heterocycles. The van der Waals surface area contributed by atoms with Crippen LogP contribution in [0.2, 0.25) is 20.1 Å².